The third kappa shape index (κ3) is 5.63. The maximum Gasteiger partial charge on any atom is 0.243 e. The van der Waals surface area contributed by atoms with Crippen molar-refractivity contribution in [2.75, 3.05) is 19.8 Å². The van der Waals surface area contributed by atoms with Gasteiger partial charge in [0.2, 0.25) is 10.0 Å². The van der Waals surface area contributed by atoms with E-state index >= 15 is 0 Å². The highest BCUT2D eigenvalue weighted by molar-refractivity contribution is 9.10. The van der Waals surface area contributed by atoms with E-state index in [4.69, 9.17) is 10.5 Å². The summed E-state index contributed by atoms with van der Waals surface area (Å²) >= 11 is 3.15. The summed E-state index contributed by atoms with van der Waals surface area (Å²) in [5.41, 5.74) is 5.54. The van der Waals surface area contributed by atoms with Gasteiger partial charge in [0.25, 0.3) is 0 Å². The smallest absolute Gasteiger partial charge is 0.243 e. The molecule has 0 aliphatic rings. The molecule has 0 amide bonds. The lowest BCUT2D eigenvalue weighted by molar-refractivity contribution is 0.114. The molecule has 0 spiro atoms. The van der Waals surface area contributed by atoms with E-state index in [9.17, 15) is 12.8 Å². The lowest BCUT2D eigenvalue weighted by Gasteiger charge is -2.11. The van der Waals surface area contributed by atoms with Crippen molar-refractivity contribution in [2.45, 2.75) is 25.3 Å². The Bertz CT molecular complexity index is 579. The van der Waals surface area contributed by atoms with E-state index in [0.29, 0.717) is 17.0 Å². The van der Waals surface area contributed by atoms with E-state index in [1.165, 1.54) is 12.1 Å². The third-order valence-corrected chi connectivity index (χ3v) is 4.50. The molecule has 0 radical (unpaired) electrons. The van der Waals surface area contributed by atoms with Crippen LogP contribution in [0.3, 0.4) is 0 Å². The molecular formula is C13H20BrFN2O3S. The van der Waals surface area contributed by atoms with Crippen LogP contribution in [-0.2, 0) is 21.3 Å². The number of nitrogens with two attached hydrogens (primary N) is 1. The molecule has 0 saturated carbocycles. The van der Waals surface area contributed by atoms with Gasteiger partial charge in [-0.05, 0) is 18.1 Å². The summed E-state index contributed by atoms with van der Waals surface area (Å²) in [6.45, 7) is 4.77. The monoisotopic (exact) mass is 382 g/mol. The van der Waals surface area contributed by atoms with Crippen LogP contribution in [0, 0.1) is 11.7 Å². The van der Waals surface area contributed by atoms with Gasteiger partial charge in [-0.25, -0.2) is 17.5 Å². The van der Waals surface area contributed by atoms with Crippen LogP contribution in [0.15, 0.2) is 21.5 Å². The van der Waals surface area contributed by atoms with Crippen LogP contribution in [0.1, 0.15) is 19.4 Å². The largest absolute Gasteiger partial charge is 0.380 e. The molecule has 1 aromatic carbocycles. The molecule has 0 aliphatic heterocycles. The van der Waals surface area contributed by atoms with Gasteiger partial charge in [0, 0.05) is 29.7 Å². The van der Waals surface area contributed by atoms with E-state index in [1.807, 2.05) is 13.8 Å². The summed E-state index contributed by atoms with van der Waals surface area (Å²) in [6, 6.07) is 2.67. The van der Waals surface area contributed by atoms with Gasteiger partial charge in [0.05, 0.1) is 6.61 Å². The molecule has 0 bridgehead atoms. The predicted molar refractivity (Wildman–Crippen MR) is 82.8 cm³/mol. The van der Waals surface area contributed by atoms with Crippen LogP contribution in [0.2, 0.25) is 0 Å². The Labute approximate surface area is 133 Å². The molecule has 0 aromatic heterocycles. The molecule has 21 heavy (non-hydrogen) atoms. The van der Waals surface area contributed by atoms with Gasteiger partial charge in [-0.1, -0.05) is 29.8 Å². The summed E-state index contributed by atoms with van der Waals surface area (Å²) in [5, 5.41) is 0. The Morgan fingerprint density at radius 1 is 1.43 bits per heavy atom. The van der Waals surface area contributed by atoms with E-state index in [2.05, 4.69) is 20.7 Å². The maximum atomic E-state index is 14.1. The molecule has 0 aliphatic carbocycles. The van der Waals surface area contributed by atoms with Gasteiger partial charge in [-0.3, -0.25) is 0 Å². The van der Waals surface area contributed by atoms with E-state index in [0.717, 1.165) is 0 Å². The fourth-order valence-corrected chi connectivity index (χ4v) is 3.42. The molecule has 0 fully saturated rings. The van der Waals surface area contributed by atoms with Crippen molar-refractivity contribution in [2.24, 2.45) is 11.7 Å². The molecule has 0 heterocycles. The molecule has 120 valence electrons. The van der Waals surface area contributed by atoms with Crippen LogP contribution < -0.4 is 10.5 Å². The van der Waals surface area contributed by atoms with Crippen molar-refractivity contribution >= 4 is 26.0 Å². The van der Waals surface area contributed by atoms with E-state index in [1.54, 1.807) is 0 Å². The molecule has 1 aromatic rings. The van der Waals surface area contributed by atoms with Gasteiger partial charge in [-0.15, -0.1) is 0 Å². The summed E-state index contributed by atoms with van der Waals surface area (Å²) in [6.07, 6.45) is 0. The molecule has 0 saturated heterocycles. The van der Waals surface area contributed by atoms with Crippen molar-refractivity contribution in [3.05, 3.63) is 28.0 Å². The standard InChI is InChI=1S/C13H20BrFN2O3S/c1-9(2)8-20-4-3-17-21(18,19)12-6-11(14)5-10(7-16)13(12)15/h5-6,9,17H,3-4,7-8,16H2,1-2H3. The number of ether oxygens (including phenoxy) is 1. The molecule has 5 nitrogen and oxygen atoms in total. The highest BCUT2D eigenvalue weighted by Crippen LogP contribution is 2.23. The molecule has 3 N–H and O–H groups in total. The van der Waals surface area contributed by atoms with Crippen LogP contribution in [0.25, 0.3) is 0 Å². The maximum absolute atomic E-state index is 14.1. The average Bonchev–Trinajstić information content (AvgIpc) is 2.40. The zero-order chi connectivity index (χ0) is 16.0. The third-order valence-electron chi connectivity index (χ3n) is 2.58. The van der Waals surface area contributed by atoms with Crippen LogP contribution in [0.4, 0.5) is 4.39 Å². The SMILES string of the molecule is CC(C)COCCNS(=O)(=O)c1cc(Br)cc(CN)c1F. The van der Waals surface area contributed by atoms with Gasteiger partial charge in [0.1, 0.15) is 10.7 Å². The normalized spacial score (nSPS) is 12.1. The van der Waals surface area contributed by atoms with Gasteiger partial charge in [0.15, 0.2) is 0 Å². The van der Waals surface area contributed by atoms with Gasteiger partial charge >= 0.3 is 0 Å². The zero-order valence-corrected chi connectivity index (χ0v) is 14.4. The summed E-state index contributed by atoms with van der Waals surface area (Å²) < 4.78 is 46.3. The Kier molecular flexibility index (Phi) is 7.22. The van der Waals surface area contributed by atoms with Crippen molar-refractivity contribution in [3.8, 4) is 0 Å². The molecule has 0 atom stereocenters. The van der Waals surface area contributed by atoms with Crippen molar-refractivity contribution in [1.82, 2.24) is 4.72 Å². The Hall–Kier alpha value is -0.540. The molecule has 0 unspecified atom stereocenters. The number of sulfonamides is 1. The number of rotatable bonds is 8. The first kappa shape index (κ1) is 18.5. The zero-order valence-electron chi connectivity index (χ0n) is 12.0. The summed E-state index contributed by atoms with van der Waals surface area (Å²) in [5.74, 6) is -0.451. The number of hydrogen-bond donors (Lipinski definition) is 2. The topological polar surface area (TPSA) is 81.4 Å². The Morgan fingerprint density at radius 2 is 2.10 bits per heavy atom. The first-order chi connectivity index (χ1) is 9.77. The number of hydrogen-bond acceptors (Lipinski definition) is 4. The lowest BCUT2D eigenvalue weighted by atomic mass is 10.2. The number of benzene rings is 1. The van der Waals surface area contributed by atoms with E-state index in [-0.39, 0.29) is 25.3 Å². The fraction of sp³-hybridized carbons (Fsp3) is 0.538. The summed E-state index contributed by atoms with van der Waals surface area (Å²) in [7, 11) is -3.94. The number of nitrogens with one attached hydrogen (secondary N) is 1. The fourth-order valence-electron chi connectivity index (χ4n) is 1.61. The Morgan fingerprint density at radius 3 is 2.67 bits per heavy atom. The van der Waals surface area contributed by atoms with Crippen molar-refractivity contribution in [1.29, 1.82) is 0 Å². The minimum atomic E-state index is -3.94. The first-order valence-electron chi connectivity index (χ1n) is 6.53. The lowest BCUT2D eigenvalue weighted by Crippen LogP contribution is -2.29. The predicted octanol–water partition coefficient (Wildman–Crippen LogP) is 2.00. The van der Waals surface area contributed by atoms with E-state index < -0.39 is 20.7 Å². The second kappa shape index (κ2) is 8.19. The summed E-state index contributed by atoms with van der Waals surface area (Å²) in [4.78, 5) is -0.416. The molecule has 8 heteroatoms. The highest BCUT2D eigenvalue weighted by Gasteiger charge is 2.21. The van der Waals surface area contributed by atoms with Crippen molar-refractivity contribution in [3.63, 3.8) is 0 Å². The minimum absolute atomic E-state index is 0.0781. The first-order valence-corrected chi connectivity index (χ1v) is 8.81. The van der Waals surface area contributed by atoms with Crippen LogP contribution >= 0.6 is 15.9 Å². The van der Waals surface area contributed by atoms with Crippen LogP contribution in [-0.4, -0.2) is 28.2 Å². The van der Waals surface area contributed by atoms with Gasteiger partial charge in [-0.2, -0.15) is 0 Å². The second-order valence-electron chi connectivity index (χ2n) is 4.95. The number of halogens is 2. The average molecular weight is 383 g/mol. The quantitative estimate of drug-likeness (QED) is 0.673. The molecule has 1 rings (SSSR count). The van der Waals surface area contributed by atoms with Gasteiger partial charge < -0.3 is 10.5 Å². The molecular weight excluding hydrogens is 363 g/mol. The highest BCUT2D eigenvalue weighted by atomic mass is 79.9. The Balaban J connectivity index is 2.77. The second-order valence-corrected chi connectivity index (χ2v) is 7.60. The van der Waals surface area contributed by atoms with Crippen molar-refractivity contribution < 1.29 is 17.5 Å². The van der Waals surface area contributed by atoms with Crippen LogP contribution in [0.5, 0.6) is 0 Å². The minimum Gasteiger partial charge on any atom is -0.380 e.